The average molecular weight is 196 g/mol. The molecule has 0 spiro atoms. The minimum absolute atomic E-state index is 0.0794. The SMILES string of the molecule is N=C(N)c1cc(Cl)cc2ncoc12. The number of benzene rings is 1. The van der Waals surface area contributed by atoms with E-state index in [0.29, 0.717) is 21.7 Å². The lowest BCUT2D eigenvalue weighted by Crippen LogP contribution is -2.11. The van der Waals surface area contributed by atoms with Crippen molar-refractivity contribution in [2.45, 2.75) is 0 Å². The molecule has 1 aromatic heterocycles. The summed E-state index contributed by atoms with van der Waals surface area (Å²) in [5.74, 6) is -0.0794. The van der Waals surface area contributed by atoms with E-state index >= 15 is 0 Å². The first-order valence-corrected chi connectivity index (χ1v) is 3.93. The van der Waals surface area contributed by atoms with Crippen LogP contribution >= 0.6 is 11.6 Å². The van der Waals surface area contributed by atoms with Crippen LogP contribution in [-0.2, 0) is 0 Å². The summed E-state index contributed by atoms with van der Waals surface area (Å²) in [6, 6.07) is 3.24. The Morgan fingerprint density at radius 2 is 2.31 bits per heavy atom. The van der Waals surface area contributed by atoms with Gasteiger partial charge in [0, 0.05) is 5.02 Å². The van der Waals surface area contributed by atoms with E-state index < -0.39 is 0 Å². The molecule has 0 atom stereocenters. The Morgan fingerprint density at radius 1 is 1.54 bits per heavy atom. The molecule has 0 saturated heterocycles. The van der Waals surface area contributed by atoms with Gasteiger partial charge in [-0.25, -0.2) is 4.98 Å². The van der Waals surface area contributed by atoms with Gasteiger partial charge in [0.1, 0.15) is 11.4 Å². The number of aromatic nitrogens is 1. The number of nitrogen functional groups attached to an aromatic ring is 1. The summed E-state index contributed by atoms with van der Waals surface area (Å²) in [5.41, 5.74) is 6.92. The molecule has 0 unspecified atom stereocenters. The summed E-state index contributed by atoms with van der Waals surface area (Å²) >= 11 is 5.79. The zero-order valence-electron chi connectivity index (χ0n) is 6.54. The summed E-state index contributed by atoms with van der Waals surface area (Å²) in [4.78, 5) is 3.92. The first-order chi connectivity index (χ1) is 6.18. The van der Waals surface area contributed by atoms with Gasteiger partial charge in [0.2, 0.25) is 0 Å². The predicted octanol–water partition coefficient (Wildman–Crippen LogP) is 1.77. The summed E-state index contributed by atoms with van der Waals surface area (Å²) in [5, 5.41) is 7.78. The summed E-state index contributed by atoms with van der Waals surface area (Å²) in [7, 11) is 0. The van der Waals surface area contributed by atoms with E-state index in [9.17, 15) is 0 Å². The largest absolute Gasteiger partial charge is 0.443 e. The lowest BCUT2D eigenvalue weighted by Gasteiger charge is -1.98. The van der Waals surface area contributed by atoms with Crippen molar-refractivity contribution in [2.24, 2.45) is 5.73 Å². The number of nitrogens with two attached hydrogens (primary N) is 1. The van der Waals surface area contributed by atoms with Gasteiger partial charge in [0.05, 0.1) is 5.56 Å². The lowest BCUT2D eigenvalue weighted by atomic mass is 10.2. The van der Waals surface area contributed by atoms with Crippen LogP contribution in [0.25, 0.3) is 11.1 Å². The third-order valence-corrected chi connectivity index (χ3v) is 1.90. The van der Waals surface area contributed by atoms with E-state index in [0.717, 1.165) is 0 Å². The van der Waals surface area contributed by atoms with Crippen molar-refractivity contribution in [2.75, 3.05) is 0 Å². The number of rotatable bonds is 1. The molecule has 3 N–H and O–H groups in total. The highest BCUT2D eigenvalue weighted by Crippen LogP contribution is 2.22. The van der Waals surface area contributed by atoms with Crippen molar-refractivity contribution in [3.63, 3.8) is 0 Å². The smallest absolute Gasteiger partial charge is 0.182 e. The lowest BCUT2D eigenvalue weighted by molar-refractivity contribution is 0.601. The molecule has 5 heteroatoms. The average Bonchev–Trinajstić information content (AvgIpc) is 2.49. The van der Waals surface area contributed by atoms with Gasteiger partial charge >= 0.3 is 0 Å². The van der Waals surface area contributed by atoms with Crippen molar-refractivity contribution < 1.29 is 4.42 Å². The van der Waals surface area contributed by atoms with Crippen LogP contribution in [0.3, 0.4) is 0 Å². The van der Waals surface area contributed by atoms with E-state index in [2.05, 4.69) is 4.98 Å². The molecule has 0 fully saturated rings. The molecule has 2 aromatic rings. The summed E-state index contributed by atoms with van der Waals surface area (Å²) < 4.78 is 5.07. The van der Waals surface area contributed by atoms with Crippen LogP contribution in [0, 0.1) is 5.41 Å². The summed E-state index contributed by atoms with van der Waals surface area (Å²) in [6.07, 6.45) is 1.30. The molecule has 0 aliphatic rings. The van der Waals surface area contributed by atoms with E-state index in [1.165, 1.54) is 6.39 Å². The zero-order valence-corrected chi connectivity index (χ0v) is 7.30. The van der Waals surface area contributed by atoms with Crippen LogP contribution in [-0.4, -0.2) is 10.8 Å². The third kappa shape index (κ3) is 1.25. The molecule has 13 heavy (non-hydrogen) atoms. The van der Waals surface area contributed by atoms with Crippen LogP contribution in [0.4, 0.5) is 0 Å². The maximum Gasteiger partial charge on any atom is 0.182 e. The summed E-state index contributed by atoms with van der Waals surface area (Å²) in [6.45, 7) is 0. The Kier molecular flexibility index (Phi) is 1.70. The standard InChI is InChI=1S/C8H6ClN3O/c9-4-1-5(8(10)11)7-6(2-4)12-3-13-7/h1-3H,(H3,10,11). The van der Waals surface area contributed by atoms with Gasteiger partial charge in [0.25, 0.3) is 0 Å². The molecular formula is C8H6ClN3O. The van der Waals surface area contributed by atoms with Gasteiger partial charge in [-0.15, -0.1) is 0 Å². The van der Waals surface area contributed by atoms with Gasteiger partial charge in [-0.2, -0.15) is 0 Å². The van der Waals surface area contributed by atoms with Gasteiger partial charge < -0.3 is 10.2 Å². The van der Waals surface area contributed by atoms with Gasteiger partial charge in [-0.05, 0) is 12.1 Å². The van der Waals surface area contributed by atoms with Gasteiger partial charge in [-0.3, -0.25) is 5.41 Å². The highest BCUT2D eigenvalue weighted by molar-refractivity contribution is 6.32. The van der Waals surface area contributed by atoms with Crippen LogP contribution in [0.2, 0.25) is 5.02 Å². The Labute approximate surface area is 78.8 Å². The fourth-order valence-electron chi connectivity index (χ4n) is 1.13. The maximum absolute atomic E-state index is 7.28. The Hall–Kier alpha value is -1.55. The fraction of sp³-hybridized carbons (Fsp3) is 0. The van der Waals surface area contributed by atoms with Crippen molar-refractivity contribution in [1.29, 1.82) is 5.41 Å². The monoisotopic (exact) mass is 195 g/mol. The van der Waals surface area contributed by atoms with Crippen LogP contribution in [0.1, 0.15) is 5.56 Å². The molecule has 0 amide bonds. The van der Waals surface area contributed by atoms with E-state index in [4.69, 9.17) is 27.2 Å². The molecule has 66 valence electrons. The molecule has 1 aromatic carbocycles. The van der Waals surface area contributed by atoms with Crippen LogP contribution in [0.15, 0.2) is 22.9 Å². The topological polar surface area (TPSA) is 75.9 Å². The van der Waals surface area contributed by atoms with E-state index in [1.54, 1.807) is 12.1 Å². The molecule has 0 saturated carbocycles. The normalized spacial score (nSPS) is 10.5. The second kappa shape index (κ2) is 2.74. The minimum atomic E-state index is -0.0794. The van der Waals surface area contributed by atoms with Gasteiger partial charge in [0.15, 0.2) is 12.0 Å². The molecule has 1 heterocycles. The molecule has 0 radical (unpaired) electrons. The number of oxazole rings is 1. The van der Waals surface area contributed by atoms with Crippen molar-refractivity contribution in [1.82, 2.24) is 4.98 Å². The third-order valence-electron chi connectivity index (χ3n) is 1.69. The number of halogens is 1. The second-order valence-corrected chi connectivity index (χ2v) is 3.00. The highest BCUT2D eigenvalue weighted by Gasteiger charge is 2.09. The molecule has 2 rings (SSSR count). The van der Waals surface area contributed by atoms with E-state index in [1.807, 2.05) is 0 Å². The molecule has 0 aliphatic heterocycles. The second-order valence-electron chi connectivity index (χ2n) is 2.57. The van der Waals surface area contributed by atoms with Gasteiger partial charge in [-0.1, -0.05) is 11.6 Å². The molecule has 0 aliphatic carbocycles. The predicted molar refractivity (Wildman–Crippen MR) is 50.0 cm³/mol. The molecule has 0 bridgehead atoms. The van der Waals surface area contributed by atoms with Crippen molar-refractivity contribution in [3.8, 4) is 0 Å². The quantitative estimate of drug-likeness (QED) is 0.538. The van der Waals surface area contributed by atoms with Crippen molar-refractivity contribution in [3.05, 3.63) is 29.1 Å². The zero-order chi connectivity index (χ0) is 9.42. The number of fused-ring (bicyclic) bond motifs is 1. The Bertz CT molecular complexity index is 477. The first-order valence-electron chi connectivity index (χ1n) is 3.55. The fourth-order valence-corrected chi connectivity index (χ4v) is 1.35. The first kappa shape index (κ1) is 8.07. The Morgan fingerprint density at radius 3 is 3.00 bits per heavy atom. The molecular weight excluding hydrogens is 190 g/mol. The molecule has 4 nitrogen and oxygen atoms in total. The van der Waals surface area contributed by atoms with Crippen LogP contribution < -0.4 is 5.73 Å². The number of nitrogens with zero attached hydrogens (tertiary/aromatic N) is 1. The minimum Gasteiger partial charge on any atom is -0.443 e. The number of nitrogens with one attached hydrogen (secondary N) is 1. The number of hydrogen-bond donors (Lipinski definition) is 2. The van der Waals surface area contributed by atoms with Crippen molar-refractivity contribution >= 4 is 28.5 Å². The number of hydrogen-bond acceptors (Lipinski definition) is 3. The maximum atomic E-state index is 7.28. The highest BCUT2D eigenvalue weighted by atomic mass is 35.5. The number of amidine groups is 1. The van der Waals surface area contributed by atoms with E-state index in [-0.39, 0.29) is 5.84 Å². The Balaban J connectivity index is 2.84. The van der Waals surface area contributed by atoms with Crippen LogP contribution in [0.5, 0.6) is 0 Å².